The van der Waals surface area contributed by atoms with Crippen molar-refractivity contribution in [2.24, 2.45) is 0 Å². The topological polar surface area (TPSA) is 179 Å². The highest BCUT2D eigenvalue weighted by atomic mass is 127. The van der Waals surface area contributed by atoms with Crippen LogP contribution >= 0.6 is 22.6 Å². The molecule has 2 aliphatic rings. The van der Waals surface area contributed by atoms with Gasteiger partial charge < -0.3 is 40.6 Å². The smallest absolute Gasteiger partial charge is 0.119 e. The quantitative estimate of drug-likeness (QED) is 0.0807. The van der Waals surface area contributed by atoms with Gasteiger partial charge in [0.25, 0.3) is 0 Å². The van der Waals surface area contributed by atoms with Gasteiger partial charge in [0.05, 0.1) is 31.9 Å². The molecule has 9 rings (SSSR count). The lowest BCUT2D eigenvalue weighted by Crippen LogP contribution is -1.88. The molecule has 0 atom stereocenters. The second kappa shape index (κ2) is 13.1. The predicted molar refractivity (Wildman–Crippen MR) is 223 cm³/mol. The van der Waals surface area contributed by atoms with Crippen molar-refractivity contribution in [2.45, 2.75) is 0 Å². The summed E-state index contributed by atoms with van der Waals surface area (Å²) in [7, 11) is 0. The molecule has 8 N–H and O–H groups in total. The summed E-state index contributed by atoms with van der Waals surface area (Å²) >= 11 is 2.29. The van der Waals surface area contributed by atoms with Gasteiger partial charge in [-0.05, 0) is 141 Å². The summed E-state index contributed by atoms with van der Waals surface area (Å²) in [5.41, 5.74) is 10.8. The van der Waals surface area contributed by atoms with Crippen molar-refractivity contribution in [3.05, 3.63) is 129 Å². The Morgan fingerprint density at radius 3 is 1.55 bits per heavy atom. The summed E-state index contributed by atoms with van der Waals surface area (Å²) in [5.74, 6) is -0.544. The number of nitrogens with one attached hydrogen (secondary N) is 2. The molecule has 268 valence electrons. The number of H-pyrrole nitrogens is 2. The van der Waals surface area contributed by atoms with Crippen molar-refractivity contribution in [3.63, 3.8) is 0 Å². The minimum Gasteiger partial charge on any atom is -0.508 e. The Bertz CT molecular complexity index is 2920. The lowest BCUT2D eigenvalue weighted by Gasteiger charge is -2.07. The number of aromatic hydroxyl groups is 6. The summed E-state index contributed by atoms with van der Waals surface area (Å²) in [5, 5.41) is 62.6. The van der Waals surface area contributed by atoms with Crippen molar-refractivity contribution >= 4 is 69.0 Å². The van der Waals surface area contributed by atoms with Gasteiger partial charge in [0.15, 0.2) is 0 Å². The largest absolute Gasteiger partial charge is 0.508 e. The molecule has 0 amide bonds. The summed E-state index contributed by atoms with van der Waals surface area (Å²) < 4.78 is 0.826. The van der Waals surface area contributed by atoms with Gasteiger partial charge in [0.2, 0.25) is 0 Å². The first kappa shape index (κ1) is 33.8. The number of phenols is 6. The van der Waals surface area contributed by atoms with E-state index in [1.54, 1.807) is 36.4 Å². The van der Waals surface area contributed by atoms with E-state index in [2.05, 4.69) is 32.6 Å². The van der Waals surface area contributed by atoms with Gasteiger partial charge in [-0.25, -0.2) is 9.97 Å². The molecule has 11 heteroatoms. The Hall–Kier alpha value is -6.99. The summed E-state index contributed by atoms with van der Waals surface area (Å²) in [4.78, 5) is 17.2. The average molecular weight is 837 g/mol. The number of rotatable bonds is 4. The maximum Gasteiger partial charge on any atom is 0.119 e. The molecular weight excluding hydrogens is 807 g/mol. The fraction of sp³-hybridized carbons (Fsp3) is 0. The minimum atomic E-state index is -0.117. The molecule has 10 nitrogen and oxygen atoms in total. The Kier molecular flexibility index (Phi) is 8.08. The van der Waals surface area contributed by atoms with Gasteiger partial charge in [-0.2, -0.15) is 0 Å². The van der Waals surface area contributed by atoms with Gasteiger partial charge in [0, 0.05) is 51.4 Å². The van der Waals surface area contributed by atoms with Crippen molar-refractivity contribution in [2.75, 3.05) is 0 Å². The SMILES string of the molecule is Oc1cc(O)cc(-c2cccc(-c3cc4cc5nc(c(-c6cc(O)cc(O)c6)c6ccc([nH]6)c(-c6cc(O)cc(O)c6)c6nc(c(I)c3[nH]4)C=C6)C=C5)c2)c1. The van der Waals surface area contributed by atoms with Crippen LogP contribution in [0.25, 0.3) is 90.9 Å². The molecule has 0 fully saturated rings. The van der Waals surface area contributed by atoms with Crippen LogP contribution in [0.4, 0.5) is 0 Å². The highest BCUT2D eigenvalue weighted by Gasteiger charge is 2.19. The number of hydrogen-bond donors (Lipinski definition) is 8. The summed E-state index contributed by atoms with van der Waals surface area (Å²) in [6.45, 7) is 0. The van der Waals surface area contributed by atoms with E-state index in [9.17, 15) is 30.6 Å². The molecular formula is C44H29IN4O6. The zero-order valence-electron chi connectivity index (χ0n) is 28.6. The van der Waals surface area contributed by atoms with Gasteiger partial charge in [-0.15, -0.1) is 0 Å². The van der Waals surface area contributed by atoms with Crippen molar-refractivity contribution < 1.29 is 30.6 Å². The maximum atomic E-state index is 10.6. The Morgan fingerprint density at radius 1 is 0.436 bits per heavy atom. The first-order chi connectivity index (χ1) is 26.5. The Labute approximate surface area is 326 Å². The molecule has 0 unspecified atom stereocenters. The minimum absolute atomic E-state index is 0.0417. The fourth-order valence-corrected chi connectivity index (χ4v) is 7.86. The van der Waals surface area contributed by atoms with Gasteiger partial charge in [-0.3, -0.25) is 0 Å². The molecule has 3 aromatic heterocycles. The molecule has 2 aliphatic heterocycles. The number of phenolic OH excluding ortho intramolecular Hbond substituents is 6. The van der Waals surface area contributed by atoms with Crippen molar-refractivity contribution in [3.8, 4) is 79.0 Å². The molecule has 0 aliphatic carbocycles. The van der Waals surface area contributed by atoms with Crippen LogP contribution in [0.1, 0.15) is 22.8 Å². The predicted octanol–water partition coefficient (Wildman–Crippen LogP) is 10.2. The molecule has 0 saturated heterocycles. The Morgan fingerprint density at radius 2 is 0.945 bits per heavy atom. The lowest BCUT2D eigenvalue weighted by molar-refractivity contribution is 0.450. The van der Waals surface area contributed by atoms with Crippen LogP contribution in [0, 0.1) is 3.57 Å². The number of benzene rings is 4. The number of aromatic amines is 2. The van der Waals surface area contributed by atoms with E-state index in [1.807, 2.05) is 72.8 Å². The fourth-order valence-electron chi connectivity index (χ4n) is 7.14. The average Bonchev–Trinajstić information content (AvgIpc) is 3.96. The van der Waals surface area contributed by atoms with Crippen LogP contribution in [-0.2, 0) is 0 Å². The van der Waals surface area contributed by atoms with Crippen LogP contribution in [-0.4, -0.2) is 50.6 Å². The number of halogens is 1. The molecule has 0 radical (unpaired) electrons. The summed E-state index contributed by atoms with van der Waals surface area (Å²) in [6.07, 6.45) is 7.56. The van der Waals surface area contributed by atoms with Crippen molar-refractivity contribution in [1.29, 1.82) is 0 Å². The van der Waals surface area contributed by atoms with Crippen molar-refractivity contribution in [1.82, 2.24) is 19.9 Å². The highest BCUT2D eigenvalue weighted by Crippen LogP contribution is 2.40. The van der Waals surface area contributed by atoms with Crippen LogP contribution in [0.3, 0.4) is 0 Å². The molecule has 8 bridgehead atoms. The maximum absolute atomic E-state index is 10.6. The molecule has 55 heavy (non-hydrogen) atoms. The van der Waals surface area contributed by atoms with Crippen LogP contribution in [0.2, 0.25) is 0 Å². The van der Waals surface area contributed by atoms with Crippen LogP contribution in [0.5, 0.6) is 34.5 Å². The number of fused-ring (bicyclic) bond motifs is 8. The number of aromatic nitrogens is 4. The molecule has 5 heterocycles. The summed E-state index contributed by atoms with van der Waals surface area (Å²) in [6, 6.07) is 28.8. The van der Waals surface area contributed by atoms with Gasteiger partial charge >= 0.3 is 0 Å². The van der Waals surface area contributed by atoms with E-state index in [4.69, 9.17) is 9.97 Å². The molecule has 0 spiro atoms. The van der Waals surface area contributed by atoms with E-state index >= 15 is 0 Å². The van der Waals surface area contributed by atoms with E-state index in [-0.39, 0.29) is 34.5 Å². The third kappa shape index (κ3) is 6.40. The second-order valence-corrected chi connectivity index (χ2v) is 14.4. The van der Waals surface area contributed by atoms with Crippen LogP contribution in [0.15, 0.2) is 103 Å². The number of hydrogen-bond acceptors (Lipinski definition) is 8. The first-order valence-electron chi connectivity index (χ1n) is 17.1. The van der Waals surface area contributed by atoms with Gasteiger partial charge in [-0.1, -0.05) is 18.2 Å². The zero-order valence-corrected chi connectivity index (χ0v) is 30.7. The standard InChI is InChI=1S/C44H29IN4O6/c45-43-40-9-8-39(49-40)42(26-15-33(54)21-34(55)16-26)38-7-6-37(48-38)41(25-13-31(52)20-32(53)14-25)36-5-4-27(46-36)17-28-18-35(44(43)47-28)23-3-1-2-22(10-23)24-11-29(50)19-30(51)12-24/h1-21,47-48,50-55H. The van der Waals surface area contributed by atoms with E-state index in [1.165, 1.54) is 18.2 Å². The normalized spacial score (nSPS) is 12.0. The van der Waals surface area contributed by atoms with Crippen LogP contribution < -0.4 is 0 Å². The van der Waals surface area contributed by atoms with Gasteiger partial charge in [0.1, 0.15) is 34.5 Å². The van der Waals surface area contributed by atoms with E-state index < -0.39 is 0 Å². The molecule has 4 aromatic carbocycles. The first-order valence-corrected chi connectivity index (χ1v) is 18.2. The zero-order chi connectivity index (χ0) is 38.0. The molecule has 0 saturated carbocycles. The highest BCUT2D eigenvalue weighted by molar-refractivity contribution is 14.1. The number of nitrogens with zero attached hydrogens (tertiary/aromatic N) is 2. The Balaban J connectivity index is 1.38. The van der Waals surface area contributed by atoms with E-state index in [0.717, 1.165) is 31.3 Å². The lowest BCUT2D eigenvalue weighted by atomic mass is 9.99. The third-order valence-corrected chi connectivity index (χ3v) is 10.5. The monoisotopic (exact) mass is 836 g/mol. The molecule has 7 aromatic rings. The third-order valence-electron chi connectivity index (χ3n) is 9.42. The second-order valence-electron chi connectivity index (χ2n) is 13.3. The van der Waals surface area contributed by atoms with E-state index in [0.29, 0.717) is 61.6 Å².